The highest BCUT2D eigenvalue weighted by atomic mass is 35.5. The summed E-state index contributed by atoms with van der Waals surface area (Å²) in [5.41, 5.74) is 5.55. The molecule has 20 heavy (non-hydrogen) atoms. The van der Waals surface area contributed by atoms with Gasteiger partial charge in [0.25, 0.3) is 0 Å². The van der Waals surface area contributed by atoms with Gasteiger partial charge in [-0.1, -0.05) is 11.6 Å². The minimum Gasteiger partial charge on any atom is -0.383 e. The van der Waals surface area contributed by atoms with Gasteiger partial charge in [-0.15, -0.1) is 0 Å². The van der Waals surface area contributed by atoms with E-state index < -0.39 is 5.41 Å². The van der Waals surface area contributed by atoms with E-state index in [1.54, 1.807) is 7.05 Å². The van der Waals surface area contributed by atoms with Gasteiger partial charge in [-0.2, -0.15) is 0 Å². The Bertz CT molecular complexity index is 491. The van der Waals surface area contributed by atoms with Crippen LogP contribution in [0, 0.1) is 5.41 Å². The Balaban J connectivity index is 2.14. The smallest absolute Gasteiger partial charge is 0.225 e. The fraction of sp³-hybridized carbons (Fsp3) is 0.583. The van der Waals surface area contributed by atoms with Crippen molar-refractivity contribution in [3.63, 3.8) is 0 Å². The van der Waals surface area contributed by atoms with Crippen LogP contribution in [0.3, 0.4) is 0 Å². The predicted octanol–water partition coefficient (Wildman–Crippen LogP) is 0.866. The van der Waals surface area contributed by atoms with Crippen molar-refractivity contribution < 1.29 is 9.53 Å². The first kappa shape index (κ1) is 14.8. The molecule has 0 atom stereocenters. The summed E-state index contributed by atoms with van der Waals surface area (Å²) >= 11 is 5.98. The van der Waals surface area contributed by atoms with Crippen molar-refractivity contribution in [2.45, 2.75) is 12.8 Å². The molecule has 0 bridgehead atoms. The number of carbonyl (C=O) groups is 1. The van der Waals surface area contributed by atoms with Gasteiger partial charge in [0, 0.05) is 26.8 Å². The monoisotopic (exact) mass is 299 g/mol. The van der Waals surface area contributed by atoms with E-state index in [1.165, 1.54) is 6.33 Å². The summed E-state index contributed by atoms with van der Waals surface area (Å²) in [6, 6.07) is 0. The second kappa shape index (κ2) is 6.23. The van der Waals surface area contributed by atoms with Crippen molar-refractivity contribution in [3.05, 3.63) is 11.5 Å². The molecule has 0 spiro atoms. The quantitative estimate of drug-likeness (QED) is 0.697. The largest absolute Gasteiger partial charge is 0.383 e. The van der Waals surface area contributed by atoms with Gasteiger partial charge in [0.05, 0.1) is 5.41 Å². The van der Waals surface area contributed by atoms with Crippen LogP contribution >= 0.6 is 11.6 Å². The van der Waals surface area contributed by atoms with Gasteiger partial charge in [0.1, 0.15) is 12.0 Å². The van der Waals surface area contributed by atoms with E-state index in [0.717, 1.165) is 0 Å². The van der Waals surface area contributed by atoms with Crippen molar-refractivity contribution in [2.24, 2.45) is 11.1 Å². The minimum atomic E-state index is -0.610. The zero-order valence-electron chi connectivity index (χ0n) is 11.3. The van der Waals surface area contributed by atoms with Crippen LogP contribution in [0.2, 0.25) is 5.15 Å². The Morgan fingerprint density at radius 2 is 2.20 bits per heavy atom. The average molecular weight is 300 g/mol. The third-order valence-electron chi connectivity index (χ3n) is 3.62. The van der Waals surface area contributed by atoms with Gasteiger partial charge >= 0.3 is 0 Å². The van der Waals surface area contributed by atoms with E-state index in [0.29, 0.717) is 49.3 Å². The van der Waals surface area contributed by atoms with Crippen LogP contribution in [0.25, 0.3) is 0 Å². The maximum Gasteiger partial charge on any atom is 0.225 e. The van der Waals surface area contributed by atoms with E-state index in [1.807, 2.05) is 0 Å². The van der Waals surface area contributed by atoms with Crippen molar-refractivity contribution in [1.82, 2.24) is 9.97 Å². The van der Waals surface area contributed by atoms with E-state index in [4.69, 9.17) is 22.1 Å². The fourth-order valence-corrected chi connectivity index (χ4v) is 2.47. The molecule has 1 aliphatic rings. The molecule has 4 N–H and O–H groups in total. The fourth-order valence-electron chi connectivity index (χ4n) is 2.25. The number of ether oxygens (including phenoxy) is 1. The SMILES string of the molecule is CNc1c(Cl)ncnc1NCC1(C(N)=O)CCOCC1. The predicted molar refractivity (Wildman–Crippen MR) is 76.8 cm³/mol. The van der Waals surface area contributed by atoms with Gasteiger partial charge in [0.15, 0.2) is 11.0 Å². The van der Waals surface area contributed by atoms with Crippen molar-refractivity contribution >= 4 is 29.0 Å². The molecule has 0 aromatic carbocycles. The number of halogens is 1. The molecule has 0 unspecified atom stereocenters. The molecular weight excluding hydrogens is 282 g/mol. The zero-order chi connectivity index (χ0) is 14.6. The van der Waals surface area contributed by atoms with Gasteiger partial charge in [0.2, 0.25) is 5.91 Å². The van der Waals surface area contributed by atoms with Gasteiger partial charge in [-0.3, -0.25) is 4.79 Å². The van der Waals surface area contributed by atoms with Crippen LogP contribution in [0.1, 0.15) is 12.8 Å². The number of nitrogens with one attached hydrogen (secondary N) is 2. The number of anilines is 2. The molecule has 1 aromatic heterocycles. The topological polar surface area (TPSA) is 102 Å². The number of amides is 1. The molecule has 0 aliphatic carbocycles. The van der Waals surface area contributed by atoms with Crippen molar-refractivity contribution in [2.75, 3.05) is 37.4 Å². The lowest BCUT2D eigenvalue weighted by atomic mass is 9.79. The van der Waals surface area contributed by atoms with E-state index in [-0.39, 0.29) is 5.91 Å². The Morgan fingerprint density at radius 1 is 1.50 bits per heavy atom. The number of nitrogens with two attached hydrogens (primary N) is 1. The number of aromatic nitrogens is 2. The van der Waals surface area contributed by atoms with Gasteiger partial charge in [-0.25, -0.2) is 9.97 Å². The van der Waals surface area contributed by atoms with Crippen molar-refractivity contribution in [3.8, 4) is 0 Å². The normalized spacial score (nSPS) is 17.5. The molecule has 1 aliphatic heterocycles. The second-order valence-corrected chi connectivity index (χ2v) is 5.11. The van der Waals surface area contributed by atoms with Crippen LogP contribution in [-0.4, -0.2) is 42.7 Å². The lowest BCUT2D eigenvalue weighted by Gasteiger charge is -2.34. The molecule has 1 fully saturated rings. The number of hydrogen-bond acceptors (Lipinski definition) is 6. The molecule has 0 saturated carbocycles. The summed E-state index contributed by atoms with van der Waals surface area (Å²) in [6.45, 7) is 1.47. The molecule has 2 heterocycles. The standard InChI is InChI=1S/C12H18ClN5O2/c1-15-8-9(13)17-7-18-10(8)16-6-12(11(14)19)2-4-20-5-3-12/h7,15H,2-6H2,1H3,(H2,14,19)(H,16,17,18). The minimum absolute atomic E-state index is 0.320. The number of carbonyl (C=O) groups excluding carboxylic acids is 1. The van der Waals surface area contributed by atoms with Crippen LogP contribution in [0.15, 0.2) is 6.33 Å². The Hall–Kier alpha value is -1.60. The maximum absolute atomic E-state index is 11.8. The van der Waals surface area contributed by atoms with Crippen LogP contribution in [-0.2, 0) is 9.53 Å². The van der Waals surface area contributed by atoms with Crippen molar-refractivity contribution in [1.29, 1.82) is 0 Å². The Kier molecular flexibility index (Phi) is 4.61. The van der Waals surface area contributed by atoms with Gasteiger partial charge < -0.3 is 21.1 Å². The molecule has 110 valence electrons. The lowest BCUT2D eigenvalue weighted by Crippen LogP contribution is -2.46. The number of nitrogens with zero attached hydrogens (tertiary/aromatic N) is 2. The maximum atomic E-state index is 11.8. The molecule has 0 radical (unpaired) electrons. The average Bonchev–Trinajstić information content (AvgIpc) is 2.46. The highest BCUT2D eigenvalue weighted by Crippen LogP contribution is 2.32. The summed E-state index contributed by atoms with van der Waals surface area (Å²) in [4.78, 5) is 19.8. The molecule has 1 aromatic rings. The third kappa shape index (κ3) is 2.94. The number of hydrogen-bond donors (Lipinski definition) is 3. The summed E-state index contributed by atoms with van der Waals surface area (Å²) in [7, 11) is 1.73. The van der Waals surface area contributed by atoms with E-state index in [2.05, 4.69) is 20.6 Å². The molecule has 7 nitrogen and oxygen atoms in total. The van der Waals surface area contributed by atoms with E-state index >= 15 is 0 Å². The molecule has 8 heteroatoms. The summed E-state index contributed by atoms with van der Waals surface area (Å²) in [5.74, 6) is 0.235. The summed E-state index contributed by atoms with van der Waals surface area (Å²) in [6.07, 6.45) is 2.57. The highest BCUT2D eigenvalue weighted by Gasteiger charge is 2.38. The first-order valence-corrected chi connectivity index (χ1v) is 6.76. The number of primary amides is 1. The van der Waals surface area contributed by atoms with Crippen LogP contribution in [0.4, 0.5) is 11.5 Å². The molecule has 2 rings (SSSR count). The zero-order valence-corrected chi connectivity index (χ0v) is 12.0. The Morgan fingerprint density at radius 3 is 2.80 bits per heavy atom. The molecule has 1 saturated heterocycles. The third-order valence-corrected chi connectivity index (χ3v) is 3.90. The first-order chi connectivity index (χ1) is 9.59. The van der Waals surface area contributed by atoms with Crippen LogP contribution < -0.4 is 16.4 Å². The van der Waals surface area contributed by atoms with E-state index in [9.17, 15) is 4.79 Å². The van der Waals surface area contributed by atoms with Gasteiger partial charge in [-0.05, 0) is 12.8 Å². The lowest BCUT2D eigenvalue weighted by molar-refractivity contribution is -0.132. The van der Waals surface area contributed by atoms with Crippen LogP contribution in [0.5, 0.6) is 0 Å². The first-order valence-electron chi connectivity index (χ1n) is 6.39. The Labute approximate surface area is 122 Å². The summed E-state index contributed by atoms with van der Waals surface area (Å²) in [5, 5.41) is 6.40. The second-order valence-electron chi connectivity index (χ2n) is 4.75. The number of rotatable bonds is 5. The molecule has 1 amide bonds. The molecular formula is C12H18ClN5O2. The summed E-state index contributed by atoms with van der Waals surface area (Å²) < 4.78 is 5.30. The highest BCUT2D eigenvalue weighted by molar-refractivity contribution is 6.32.